The molecule has 0 fully saturated rings. The number of ether oxygens (including phenoxy) is 3. The Morgan fingerprint density at radius 3 is 1.71 bits per heavy atom. The molecule has 2 rings (SSSR count). The third kappa shape index (κ3) is 4.39. The maximum absolute atomic E-state index is 5.27. The van der Waals surface area contributed by atoms with Crippen molar-refractivity contribution in [3.05, 3.63) is 53.6 Å². The molecule has 0 aliphatic heterocycles. The second-order valence-electron chi connectivity index (χ2n) is 4.67. The fourth-order valence-electron chi connectivity index (χ4n) is 2.06. The van der Waals surface area contributed by atoms with E-state index in [4.69, 9.17) is 14.2 Å². The molecule has 0 bridgehead atoms. The minimum absolute atomic E-state index is 0.750. The summed E-state index contributed by atoms with van der Waals surface area (Å²) in [5.41, 5.74) is 2.34. The van der Waals surface area contributed by atoms with Gasteiger partial charge in [-0.3, -0.25) is 0 Å². The van der Waals surface area contributed by atoms with Crippen LogP contribution in [0.15, 0.2) is 42.5 Å². The summed E-state index contributed by atoms with van der Waals surface area (Å²) in [5.74, 6) is 2.47. The predicted octanol–water partition coefficient (Wildman–Crippen LogP) is 3.00. The van der Waals surface area contributed by atoms with Crippen molar-refractivity contribution in [3.8, 4) is 17.2 Å². The fraction of sp³-hybridized carbons (Fsp3) is 0.294. The van der Waals surface area contributed by atoms with Crippen molar-refractivity contribution in [1.29, 1.82) is 0 Å². The molecule has 0 saturated carbocycles. The SMILES string of the molecule is COc1ccc(CNCc2cc(OC)cc(OC)c2)cc1. The van der Waals surface area contributed by atoms with E-state index in [1.807, 2.05) is 30.3 Å². The Labute approximate surface area is 125 Å². The molecule has 0 aliphatic rings. The number of rotatable bonds is 7. The highest BCUT2D eigenvalue weighted by molar-refractivity contribution is 5.38. The van der Waals surface area contributed by atoms with Crippen LogP contribution in [0, 0.1) is 0 Å². The quantitative estimate of drug-likeness (QED) is 0.850. The molecule has 21 heavy (non-hydrogen) atoms. The molecule has 112 valence electrons. The van der Waals surface area contributed by atoms with Crippen LogP contribution in [0.2, 0.25) is 0 Å². The van der Waals surface area contributed by atoms with Gasteiger partial charge in [-0.05, 0) is 35.4 Å². The highest BCUT2D eigenvalue weighted by Crippen LogP contribution is 2.22. The van der Waals surface area contributed by atoms with Gasteiger partial charge in [0, 0.05) is 19.2 Å². The van der Waals surface area contributed by atoms with E-state index in [1.54, 1.807) is 21.3 Å². The molecular weight excluding hydrogens is 266 g/mol. The van der Waals surface area contributed by atoms with E-state index in [1.165, 1.54) is 5.56 Å². The number of benzene rings is 2. The monoisotopic (exact) mass is 287 g/mol. The van der Waals surface area contributed by atoms with Crippen LogP contribution in [-0.2, 0) is 13.1 Å². The van der Waals surface area contributed by atoms with Gasteiger partial charge in [0.1, 0.15) is 17.2 Å². The third-order valence-electron chi connectivity index (χ3n) is 3.23. The first-order chi connectivity index (χ1) is 10.2. The van der Waals surface area contributed by atoms with Crippen molar-refractivity contribution in [3.63, 3.8) is 0 Å². The lowest BCUT2D eigenvalue weighted by molar-refractivity contribution is 0.393. The zero-order valence-electron chi connectivity index (χ0n) is 12.7. The van der Waals surface area contributed by atoms with Crippen LogP contribution in [0.4, 0.5) is 0 Å². The van der Waals surface area contributed by atoms with E-state index >= 15 is 0 Å². The van der Waals surface area contributed by atoms with Gasteiger partial charge in [0.05, 0.1) is 21.3 Å². The van der Waals surface area contributed by atoms with Gasteiger partial charge < -0.3 is 19.5 Å². The number of nitrogens with one attached hydrogen (secondary N) is 1. The van der Waals surface area contributed by atoms with E-state index < -0.39 is 0 Å². The largest absolute Gasteiger partial charge is 0.497 e. The van der Waals surface area contributed by atoms with Gasteiger partial charge in [0.15, 0.2) is 0 Å². The van der Waals surface area contributed by atoms with Gasteiger partial charge in [-0.1, -0.05) is 12.1 Å². The van der Waals surface area contributed by atoms with Crippen molar-refractivity contribution < 1.29 is 14.2 Å². The maximum atomic E-state index is 5.27. The van der Waals surface area contributed by atoms with Gasteiger partial charge in [0.25, 0.3) is 0 Å². The highest BCUT2D eigenvalue weighted by Gasteiger charge is 2.02. The second-order valence-corrected chi connectivity index (χ2v) is 4.67. The van der Waals surface area contributed by atoms with Crippen LogP contribution in [0.3, 0.4) is 0 Å². The topological polar surface area (TPSA) is 39.7 Å². The molecule has 0 aliphatic carbocycles. The zero-order chi connectivity index (χ0) is 15.1. The van der Waals surface area contributed by atoms with Gasteiger partial charge in [0.2, 0.25) is 0 Å². The summed E-state index contributed by atoms with van der Waals surface area (Å²) < 4.78 is 15.7. The Morgan fingerprint density at radius 1 is 0.667 bits per heavy atom. The average Bonchev–Trinajstić information content (AvgIpc) is 2.55. The second kappa shape index (κ2) is 7.55. The molecule has 0 radical (unpaired) electrons. The minimum atomic E-state index is 0.750. The zero-order valence-corrected chi connectivity index (χ0v) is 12.7. The Kier molecular flexibility index (Phi) is 5.46. The lowest BCUT2D eigenvalue weighted by Crippen LogP contribution is -2.12. The smallest absolute Gasteiger partial charge is 0.122 e. The molecule has 0 spiro atoms. The van der Waals surface area contributed by atoms with Gasteiger partial charge >= 0.3 is 0 Å². The van der Waals surface area contributed by atoms with Crippen molar-refractivity contribution >= 4 is 0 Å². The first kappa shape index (κ1) is 15.2. The van der Waals surface area contributed by atoms with E-state index in [0.29, 0.717) is 0 Å². The molecular formula is C17H21NO3. The van der Waals surface area contributed by atoms with Crippen LogP contribution in [0.5, 0.6) is 17.2 Å². The molecule has 0 atom stereocenters. The summed E-state index contributed by atoms with van der Waals surface area (Å²) in [6, 6.07) is 13.9. The third-order valence-corrected chi connectivity index (χ3v) is 3.23. The molecule has 2 aromatic carbocycles. The standard InChI is InChI=1S/C17H21NO3/c1-19-15-6-4-13(5-7-15)11-18-12-14-8-16(20-2)10-17(9-14)21-3/h4-10,18H,11-12H2,1-3H3. The first-order valence-electron chi connectivity index (χ1n) is 6.80. The number of hydrogen-bond donors (Lipinski definition) is 1. The van der Waals surface area contributed by atoms with Gasteiger partial charge in [-0.2, -0.15) is 0 Å². The van der Waals surface area contributed by atoms with Crippen LogP contribution in [0.25, 0.3) is 0 Å². The Balaban J connectivity index is 1.93. The lowest BCUT2D eigenvalue weighted by atomic mass is 10.2. The Morgan fingerprint density at radius 2 is 1.19 bits per heavy atom. The summed E-state index contributed by atoms with van der Waals surface area (Å²) in [4.78, 5) is 0. The summed E-state index contributed by atoms with van der Waals surface area (Å²) in [6.07, 6.45) is 0. The summed E-state index contributed by atoms with van der Waals surface area (Å²) in [7, 11) is 4.98. The first-order valence-corrected chi connectivity index (χ1v) is 6.80. The molecule has 0 saturated heterocycles. The van der Waals surface area contributed by atoms with Crippen molar-refractivity contribution in [2.75, 3.05) is 21.3 Å². The molecule has 4 nitrogen and oxygen atoms in total. The predicted molar refractivity (Wildman–Crippen MR) is 83.1 cm³/mol. The normalized spacial score (nSPS) is 10.2. The van der Waals surface area contributed by atoms with Crippen molar-refractivity contribution in [1.82, 2.24) is 5.32 Å². The fourth-order valence-corrected chi connectivity index (χ4v) is 2.06. The molecule has 0 unspecified atom stereocenters. The molecule has 0 aromatic heterocycles. The Hall–Kier alpha value is -2.20. The Bertz CT molecular complexity index is 544. The summed E-state index contributed by atoms with van der Waals surface area (Å²) in [5, 5.41) is 3.41. The average molecular weight is 287 g/mol. The van der Waals surface area contributed by atoms with E-state index in [0.717, 1.165) is 35.9 Å². The van der Waals surface area contributed by atoms with E-state index in [9.17, 15) is 0 Å². The summed E-state index contributed by atoms with van der Waals surface area (Å²) >= 11 is 0. The summed E-state index contributed by atoms with van der Waals surface area (Å²) in [6.45, 7) is 1.54. The molecule has 0 amide bonds. The van der Waals surface area contributed by atoms with E-state index in [-0.39, 0.29) is 0 Å². The van der Waals surface area contributed by atoms with Crippen LogP contribution in [-0.4, -0.2) is 21.3 Å². The van der Waals surface area contributed by atoms with Gasteiger partial charge in [-0.15, -0.1) is 0 Å². The lowest BCUT2D eigenvalue weighted by Gasteiger charge is -2.10. The molecule has 4 heteroatoms. The van der Waals surface area contributed by atoms with Crippen molar-refractivity contribution in [2.45, 2.75) is 13.1 Å². The van der Waals surface area contributed by atoms with Crippen LogP contribution < -0.4 is 19.5 Å². The van der Waals surface area contributed by atoms with Crippen molar-refractivity contribution in [2.24, 2.45) is 0 Å². The molecule has 1 N–H and O–H groups in total. The molecule has 0 heterocycles. The van der Waals surface area contributed by atoms with Gasteiger partial charge in [-0.25, -0.2) is 0 Å². The minimum Gasteiger partial charge on any atom is -0.497 e. The maximum Gasteiger partial charge on any atom is 0.122 e. The molecule has 2 aromatic rings. The van der Waals surface area contributed by atoms with Crippen LogP contribution in [0.1, 0.15) is 11.1 Å². The number of hydrogen-bond acceptors (Lipinski definition) is 4. The highest BCUT2D eigenvalue weighted by atomic mass is 16.5. The number of methoxy groups -OCH3 is 3. The van der Waals surface area contributed by atoms with Crippen LogP contribution >= 0.6 is 0 Å². The van der Waals surface area contributed by atoms with E-state index in [2.05, 4.69) is 17.4 Å².